The van der Waals surface area contributed by atoms with E-state index in [1.54, 1.807) is 49.5 Å². The third-order valence-corrected chi connectivity index (χ3v) is 7.01. The monoisotopic (exact) mass is 404 g/mol. The smallest absolute Gasteiger partial charge is 0.243 e. The van der Waals surface area contributed by atoms with Crippen molar-refractivity contribution >= 4 is 15.9 Å². The number of benzene rings is 2. The maximum Gasteiger partial charge on any atom is 0.243 e. The lowest BCUT2D eigenvalue weighted by Crippen LogP contribution is -2.45. The summed E-state index contributed by atoms with van der Waals surface area (Å²) in [7, 11) is -2.01. The van der Waals surface area contributed by atoms with E-state index in [0.717, 1.165) is 5.56 Å². The molecule has 1 heterocycles. The van der Waals surface area contributed by atoms with E-state index in [1.165, 1.54) is 15.3 Å². The number of amides is 1. The number of rotatable bonds is 5. The van der Waals surface area contributed by atoms with Gasteiger partial charge in [0.1, 0.15) is 5.82 Å². The third kappa shape index (κ3) is 4.42. The van der Waals surface area contributed by atoms with Crippen LogP contribution in [0.25, 0.3) is 0 Å². The predicted molar refractivity (Wildman–Crippen MR) is 106 cm³/mol. The van der Waals surface area contributed by atoms with Gasteiger partial charge in [-0.05, 0) is 38.0 Å². The molecule has 2 aromatic rings. The average Bonchev–Trinajstić information content (AvgIpc) is 2.69. The Labute approximate surface area is 165 Å². The standard InChI is InChI=1S/C21H25FN2O3S/c1-16-9-11-19(12-10-16)28(26,27)24-13-5-7-18(15-24)21(25)23(2)14-17-6-3-4-8-20(17)22/h3-4,6,8-12,18H,5,7,13-15H2,1-2H3/t18-/m0/s1. The normalized spacial score (nSPS) is 18.0. The quantitative estimate of drug-likeness (QED) is 0.769. The van der Waals surface area contributed by atoms with Crippen molar-refractivity contribution in [1.82, 2.24) is 9.21 Å². The molecule has 150 valence electrons. The molecule has 1 aliphatic heterocycles. The van der Waals surface area contributed by atoms with Crippen LogP contribution in [0.3, 0.4) is 0 Å². The zero-order valence-corrected chi connectivity index (χ0v) is 17.0. The maximum absolute atomic E-state index is 13.9. The Kier molecular flexibility index (Phi) is 6.15. The Morgan fingerprint density at radius 3 is 2.54 bits per heavy atom. The minimum absolute atomic E-state index is 0.149. The van der Waals surface area contributed by atoms with Gasteiger partial charge in [0.25, 0.3) is 0 Å². The van der Waals surface area contributed by atoms with E-state index < -0.39 is 15.9 Å². The molecule has 0 bridgehead atoms. The molecule has 7 heteroatoms. The van der Waals surface area contributed by atoms with Crippen LogP contribution < -0.4 is 0 Å². The van der Waals surface area contributed by atoms with Gasteiger partial charge in [-0.2, -0.15) is 4.31 Å². The van der Waals surface area contributed by atoms with Crippen molar-refractivity contribution in [3.05, 3.63) is 65.5 Å². The number of hydrogen-bond donors (Lipinski definition) is 0. The molecule has 1 amide bonds. The lowest BCUT2D eigenvalue weighted by Gasteiger charge is -2.33. The van der Waals surface area contributed by atoms with Crippen molar-refractivity contribution in [1.29, 1.82) is 0 Å². The number of sulfonamides is 1. The molecule has 0 N–H and O–H groups in total. The number of halogens is 1. The number of aryl methyl sites for hydroxylation is 1. The topological polar surface area (TPSA) is 57.7 Å². The van der Waals surface area contributed by atoms with E-state index in [1.807, 2.05) is 6.92 Å². The van der Waals surface area contributed by atoms with Gasteiger partial charge in [-0.25, -0.2) is 12.8 Å². The second-order valence-corrected chi connectivity index (χ2v) is 9.24. The van der Waals surface area contributed by atoms with Gasteiger partial charge in [0.2, 0.25) is 15.9 Å². The van der Waals surface area contributed by atoms with Crippen LogP contribution in [0, 0.1) is 18.7 Å². The van der Waals surface area contributed by atoms with Gasteiger partial charge < -0.3 is 4.90 Å². The fourth-order valence-corrected chi connectivity index (χ4v) is 5.02. The Balaban J connectivity index is 1.71. The highest BCUT2D eigenvalue weighted by molar-refractivity contribution is 7.89. The highest BCUT2D eigenvalue weighted by Gasteiger charge is 2.34. The van der Waals surface area contributed by atoms with Crippen molar-refractivity contribution in [2.24, 2.45) is 5.92 Å². The molecule has 2 aromatic carbocycles. The van der Waals surface area contributed by atoms with E-state index in [4.69, 9.17) is 0 Å². The summed E-state index contributed by atoms with van der Waals surface area (Å²) in [5.41, 5.74) is 1.43. The third-order valence-electron chi connectivity index (χ3n) is 5.13. The molecule has 1 aliphatic rings. The minimum atomic E-state index is -3.63. The molecule has 28 heavy (non-hydrogen) atoms. The second-order valence-electron chi connectivity index (χ2n) is 7.30. The molecule has 0 unspecified atom stereocenters. The zero-order chi connectivity index (χ0) is 20.3. The minimum Gasteiger partial charge on any atom is -0.341 e. The van der Waals surface area contributed by atoms with Crippen molar-refractivity contribution in [2.45, 2.75) is 31.2 Å². The SMILES string of the molecule is Cc1ccc(S(=O)(=O)N2CCC[C@H](C(=O)N(C)Cc3ccccc3F)C2)cc1. The van der Waals surface area contributed by atoms with Gasteiger partial charge in [-0.1, -0.05) is 35.9 Å². The molecular formula is C21H25FN2O3S. The Morgan fingerprint density at radius 1 is 1.18 bits per heavy atom. The summed E-state index contributed by atoms with van der Waals surface area (Å²) in [4.78, 5) is 14.6. The summed E-state index contributed by atoms with van der Waals surface area (Å²) in [5, 5.41) is 0. The lowest BCUT2D eigenvalue weighted by atomic mass is 9.98. The highest BCUT2D eigenvalue weighted by Crippen LogP contribution is 2.25. The van der Waals surface area contributed by atoms with Gasteiger partial charge in [0.15, 0.2) is 0 Å². The number of carbonyl (C=O) groups is 1. The van der Waals surface area contributed by atoms with E-state index in [9.17, 15) is 17.6 Å². The van der Waals surface area contributed by atoms with Crippen LogP contribution in [0.4, 0.5) is 4.39 Å². The Bertz CT molecular complexity index is 944. The molecule has 1 fully saturated rings. The Hall–Kier alpha value is -2.25. The van der Waals surface area contributed by atoms with Crippen LogP contribution >= 0.6 is 0 Å². The number of piperidine rings is 1. The van der Waals surface area contributed by atoms with Crippen LogP contribution in [0.2, 0.25) is 0 Å². The highest BCUT2D eigenvalue weighted by atomic mass is 32.2. The zero-order valence-electron chi connectivity index (χ0n) is 16.1. The second kappa shape index (κ2) is 8.41. The largest absolute Gasteiger partial charge is 0.341 e. The van der Waals surface area contributed by atoms with E-state index in [0.29, 0.717) is 24.9 Å². The van der Waals surface area contributed by atoms with E-state index in [-0.39, 0.29) is 29.7 Å². The molecule has 3 rings (SSSR count). The summed E-state index contributed by atoms with van der Waals surface area (Å²) >= 11 is 0. The summed E-state index contributed by atoms with van der Waals surface area (Å²) in [5.74, 6) is -0.938. The number of hydrogen-bond acceptors (Lipinski definition) is 3. The van der Waals surface area contributed by atoms with Crippen LogP contribution in [0.1, 0.15) is 24.0 Å². The predicted octanol–water partition coefficient (Wildman–Crippen LogP) is 3.19. The van der Waals surface area contributed by atoms with Crippen LogP contribution in [0.15, 0.2) is 53.4 Å². The van der Waals surface area contributed by atoms with Gasteiger partial charge in [0.05, 0.1) is 10.8 Å². The molecular weight excluding hydrogens is 379 g/mol. The van der Waals surface area contributed by atoms with E-state index in [2.05, 4.69) is 0 Å². The number of nitrogens with zero attached hydrogens (tertiary/aromatic N) is 2. The van der Waals surface area contributed by atoms with Crippen LogP contribution in [-0.2, 0) is 21.4 Å². The number of carbonyl (C=O) groups excluding carboxylic acids is 1. The first-order valence-corrected chi connectivity index (χ1v) is 10.8. The van der Waals surface area contributed by atoms with Crippen LogP contribution in [-0.4, -0.2) is 43.7 Å². The fourth-order valence-electron chi connectivity index (χ4n) is 3.49. The summed E-state index contributed by atoms with van der Waals surface area (Å²) in [6.45, 7) is 2.61. The van der Waals surface area contributed by atoms with Gasteiger partial charge in [-0.15, -0.1) is 0 Å². The van der Waals surface area contributed by atoms with Crippen molar-refractivity contribution in [3.63, 3.8) is 0 Å². The van der Waals surface area contributed by atoms with Crippen LogP contribution in [0.5, 0.6) is 0 Å². The van der Waals surface area contributed by atoms with Gasteiger partial charge in [0, 0.05) is 32.2 Å². The fraction of sp³-hybridized carbons (Fsp3) is 0.381. The molecule has 0 spiro atoms. The van der Waals surface area contributed by atoms with Gasteiger partial charge in [-0.3, -0.25) is 4.79 Å². The first-order valence-electron chi connectivity index (χ1n) is 9.34. The first kappa shape index (κ1) is 20.5. The average molecular weight is 405 g/mol. The molecule has 0 aromatic heterocycles. The molecule has 0 radical (unpaired) electrons. The molecule has 1 atom stereocenters. The summed E-state index contributed by atoms with van der Waals surface area (Å²) in [6, 6.07) is 13.1. The summed E-state index contributed by atoms with van der Waals surface area (Å²) < 4.78 is 41.1. The maximum atomic E-state index is 13.9. The molecule has 5 nitrogen and oxygen atoms in total. The van der Waals surface area contributed by atoms with Gasteiger partial charge >= 0.3 is 0 Å². The molecule has 0 aliphatic carbocycles. The summed E-state index contributed by atoms with van der Waals surface area (Å²) in [6.07, 6.45) is 1.25. The first-order chi connectivity index (χ1) is 13.3. The van der Waals surface area contributed by atoms with E-state index >= 15 is 0 Å². The lowest BCUT2D eigenvalue weighted by molar-refractivity contribution is -0.135. The molecule has 0 saturated carbocycles. The molecule has 1 saturated heterocycles. The van der Waals surface area contributed by atoms with Crippen molar-refractivity contribution in [3.8, 4) is 0 Å². The van der Waals surface area contributed by atoms with Crippen molar-refractivity contribution < 1.29 is 17.6 Å². The Morgan fingerprint density at radius 2 is 1.86 bits per heavy atom. The van der Waals surface area contributed by atoms with Crippen molar-refractivity contribution in [2.75, 3.05) is 20.1 Å².